The summed E-state index contributed by atoms with van der Waals surface area (Å²) in [5.41, 5.74) is 5.18. The highest BCUT2D eigenvalue weighted by molar-refractivity contribution is 7.99. The van der Waals surface area contributed by atoms with Crippen molar-refractivity contribution in [1.82, 2.24) is 14.8 Å². The number of aromatic nitrogens is 3. The van der Waals surface area contributed by atoms with E-state index in [1.807, 2.05) is 6.92 Å². The monoisotopic (exact) mass is 354 g/mol. The Bertz CT molecular complexity index is 695. The number of methoxy groups -OCH3 is 1. The summed E-state index contributed by atoms with van der Waals surface area (Å²) in [7, 11) is 1.59. The zero-order valence-electron chi connectivity index (χ0n) is 13.4. The van der Waals surface area contributed by atoms with Gasteiger partial charge in [0.2, 0.25) is 5.91 Å². The molecule has 130 valence electrons. The lowest BCUT2D eigenvalue weighted by atomic mass is 10.3. The van der Waals surface area contributed by atoms with Crippen LogP contribution in [0.5, 0.6) is 5.75 Å². The van der Waals surface area contributed by atoms with Crippen molar-refractivity contribution in [1.29, 1.82) is 0 Å². The third-order valence-electron chi connectivity index (χ3n) is 3.12. The van der Waals surface area contributed by atoms with Crippen molar-refractivity contribution in [2.24, 2.45) is 5.73 Å². The van der Waals surface area contributed by atoms with E-state index in [1.165, 1.54) is 23.9 Å². The highest BCUT2D eigenvalue weighted by atomic mass is 32.2. The van der Waals surface area contributed by atoms with Crippen LogP contribution in [0, 0.1) is 5.82 Å². The molecule has 1 unspecified atom stereocenters. The van der Waals surface area contributed by atoms with Crippen molar-refractivity contribution in [3.8, 4) is 5.75 Å². The summed E-state index contributed by atoms with van der Waals surface area (Å²) in [5, 5.41) is 8.68. The van der Waals surface area contributed by atoms with Crippen LogP contribution in [0.2, 0.25) is 0 Å². The highest BCUT2D eigenvalue weighted by Crippen LogP contribution is 2.23. The van der Waals surface area contributed by atoms with Crippen LogP contribution < -0.4 is 10.5 Å². The number of primary amides is 1. The van der Waals surface area contributed by atoms with Crippen LogP contribution in [0.25, 0.3) is 0 Å². The van der Waals surface area contributed by atoms with Crippen molar-refractivity contribution in [2.75, 3.05) is 19.5 Å². The molecular weight excluding hydrogens is 335 g/mol. The minimum absolute atomic E-state index is 0.0408. The molecule has 2 rings (SSSR count). The van der Waals surface area contributed by atoms with Gasteiger partial charge in [-0.3, -0.25) is 9.36 Å². The van der Waals surface area contributed by atoms with Gasteiger partial charge in [-0.15, -0.1) is 10.2 Å². The van der Waals surface area contributed by atoms with Crippen molar-refractivity contribution in [3.63, 3.8) is 0 Å². The smallest absolute Gasteiger partial charge is 0.227 e. The molecule has 1 aromatic heterocycles. The van der Waals surface area contributed by atoms with Gasteiger partial charge in [-0.25, -0.2) is 4.39 Å². The molecule has 7 nitrogen and oxygen atoms in total. The Labute approximate surface area is 143 Å². The lowest BCUT2D eigenvalue weighted by molar-refractivity contribution is -0.115. The Morgan fingerprint density at radius 3 is 2.83 bits per heavy atom. The van der Waals surface area contributed by atoms with Gasteiger partial charge in [0.25, 0.3) is 0 Å². The maximum absolute atomic E-state index is 13.6. The molecule has 0 fully saturated rings. The minimum atomic E-state index is -0.447. The first-order valence-corrected chi connectivity index (χ1v) is 8.22. The van der Waals surface area contributed by atoms with Gasteiger partial charge in [-0.2, -0.15) is 0 Å². The number of ether oxygens (including phenoxy) is 2. The molecule has 0 aliphatic heterocycles. The quantitative estimate of drug-likeness (QED) is 0.690. The van der Waals surface area contributed by atoms with E-state index in [1.54, 1.807) is 23.8 Å². The number of rotatable bonds is 9. The van der Waals surface area contributed by atoms with Crippen LogP contribution >= 0.6 is 11.8 Å². The fourth-order valence-corrected chi connectivity index (χ4v) is 2.90. The molecule has 2 N–H and O–H groups in total. The van der Waals surface area contributed by atoms with Crippen molar-refractivity contribution < 1.29 is 18.7 Å². The van der Waals surface area contributed by atoms with Gasteiger partial charge in [-0.1, -0.05) is 23.9 Å². The molecule has 1 atom stereocenters. The van der Waals surface area contributed by atoms with E-state index in [-0.39, 0.29) is 24.2 Å². The number of para-hydroxylation sites is 1. The molecular formula is C15H19FN4O3S. The van der Waals surface area contributed by atoms with E-state index in [4.69, 9.17) is 15.2 Å². The predicted molar refractivity (Wildman–Crippen MR) is 87.3 cm³/mol. The van der Waals surface area contributed by atoms with E-state index in [0.29, 0.717) is 17.6 Å². The van der Waals surface area contributed by atoms with Gasteiger partial charge in [0.1, 0.15) is 6.61 Å². The average molecular weight is 354 g/mol. The van der Waals surface area contributed by atoms with Gasteiger partial charge >= 0.3 is 0 Å². The normalized spacial score (nSPS) is 12.1. The van der Waals surface area contributed by atoms with E-state index in [2.05, 4.69) is 10.2 Å². The van der Waals surface area contributed by atoms with E-state index in [9.17, 15) is 9.18 Å². The van der Waals surface area contributed by atoms with Gasteiger partial charge in [0.05, 0.1) is 18.4 Å². The van der Waals surface area contributed by atoms with Gasteiger partial charge < -0.3 is 15.2 Å². The number of halogens is 1. The molecule has 0 spiro atoms. The van der Waals surface area contributed by atoms with Crippen molar-refractivity contribution in [3.05, 3.63) is 35.9 Å². The van der Waals surface area contributed by atoms with Crippen LogP contribution in [0.15, 0.2) is 29.4 Å². The largest absolute Gasteiger partial charge is 0.483 e. The Hall–Kier alpha value is -2.13. The first-order chi connectivity index (χ1) is 11.5. The molecule has 0 saturated heterocycles. The Morgan fingerprint density at radius 2 is 2.17 bits per heavy atom. The zero-order chi connectivity index (χ0) is 17.5. The van der Waals surface area contributed by atoms with Crippen LogP contribution in [0.3, 0.4) is 0 Å². The lowest BCUT2D eigenvalue weighted by Crippen LogP contribution is -2.18. The van der Waals surface area contributed by atoms with E-state index >= 15 is 0 Å². The predicted octanol–water partition coefficient (Wildman–Crippen LogP) is 1.78. The molecule has 0 radical (unpaired) electrons. The van der Waals surface area contributed by atoms with Crippen LogP contribution in [0.1, 0.15) is 18.8 Å². The number of hydrogen-bond donors (Lipinski definition) is 1. The fraction of sp³-hybridized carbons (Fsp3) is 0.400. The Morgan fingerprint density at radius 1 is 1.42 bits per heavy atom. The molecule has 1 amide bonds. The number of benzene rings is 1. The Balaban J connectivity index is 2.18. The summed E-state index contributed by atoms with van der Waals surface area (Å²) in [6.45, 7) is 2.39. The van der Waals surface area contributed by atoms with Crippen LogP contribution in [-0.2, 0) is 16.1 Å². The second-order valence-corrected chi connectivity index (χ2v) is 5.99. The average Bonchev–Trinajstić information content (AvgIpc) is 2.95. The molecule has 24 heavy (non-hydrogen) atoms. The van der Waals surface area contributed by atoms with Crippen molar-refractivity contribution >= 4 is 17.7 Å². The maximum atomic E-state index is 13.6. The molecule has 0 bridgehead atoms. The number of nitrogens with zero attached hydrogens (tertiary/aromatic N) is 3. The zero-order valence-corrected chi connectivity index (χ0v) is 14.3. The van der Waals surface area contributed by atoms with E-state index < -0.39 is 11.7 Å². The standard InChI is InChI=1S/C15H19FN4O3S/c1-10(7-22-2)20-14(18-19-15(20)24-9-13(17)21)8-23-12-6-4-3-5-11(12)16/h3-6,10H,7-9H2,1-2H3,(H2,17,21). The number of nitrogens with two attached hydrogens (primary N) is 1. The van der Waals surface area contributed by atoms with Crippen molar-refractivity contribution in [2.45, 2.75) is 24.7 Å². The maximum Gasteiger partial charge on any atom is 0.227 e. The molecule has 0 aliphatic carbocycles. The molecule has 1 heterocycles. The molecule has 2 aromatic rings. The first kappa shape index (κ1) is 18.2. The number of carbonyl (C=O) groups is 1. The molecule has 1 aromatic carbocycles. The Kier molecular flexibility index (Phi) is 6.56. The summed E-state index contributed by atoms with van der Waals surface area (Å²) in [4.78, 5) is 11.0. The number of hydrogen-bond acceptors (Lipinski definition) is 6. The second-order valence-electron chi connectivity index (χ2n) is 5.05. The molecule has 0 aliphatic rings. The minimum Gasteiger partial charge on any atom is -0.483 e. The fourth-order valence-electron chi connectivity index (χ4n) is 2.10. The summed E-state index contributed by atoms with van der Waals surface area (Å²) < 4.78 is 26.1. The van der Waals surface area contributed by atoms with Crippen LogP contribution in [0.4, 0.5) is 4.39 Å². The summed E-state index contributed by atoms with van der Waals surface area (Å²) in [5.74, 6) is -0.158. The molecule has 0 saturated carbocycles. The topological polar surface area (TPSA) is 92.3 Å². The summed E-state index contributed by atoms with van der Waals surface area (Å²) >= 11 is 1.18. The molecule has 9 heteroatoms. The van der Waals surface area contributed by atoms with Gasteiger partial charge in [0, 0.05) is 7.11 Å². The van der Waals surface area contributed by atoms with E-state index in [0.717, 1.165) is 0 Å². The third kappa shape index (κ3) is 4.68. The number of carbonyl (C=O) groups excluding carboxylic acids is 1. The first-order valence-electron chi connectivity index (χ1n) is 7.24. The SMILES string of the molecule is COCC(C)n1c(COc2ccccc2F)nnc1SCC(N)=O. The summed E-state index contributed by atoms with van der Waals surface area (Å²) in [6, 6.07) is 6.05. The van der Waals surface area contributed by atoms with Gasteiger partial charge in [0.15, 0.2) is 22.5 Å². The number of amides is 1. The summed E-state index contributed by atoms with van der Waals surface area (Å²) in [6.07, 6.45) is 0. The third-order valence-corrected chi connectivity index (χ3v) is 4.09. The second kappa shape index (κ2) is 8.65. The lowest BCUT2D eigenvalue weighted by Gasteiger charge is -2.17. The number of thioether (sulfide) groups is 1. The van der Waals surface area contributed by atoms with Crippen LogP contribution in [-0.4, -0.2) is 40.1 Å². The van der Waals surface area contributed by atoms with Gasteiger partial charge in [-0.05, 0) is 19.1 Å². The highest BCUT2D eigenvalue weighted by Gasteiger charge is 2.19.